The number of nitrogens with zero attached hydrogens (tertiary/aromatic N) is 1. The average molecular weight is 284 g/mol. The van der Waals surface area contributed by atoms with Crippen molar-refractivity contribution < 1.29 is 14.3 Å². The van der Waals surface area contributed by atoms with Crippen LogP contribution in [0.1, 0.15) is 23.2 Å². The highest BCUT2D eigenvalue weighted by Crippen LogP contribution is 2.30. The average Bonchev–Trinajstić information content (AvgIpc) is 2.46. The van der Waals surface area contributed by atoms with Gasteiger partial charge < -0.3 is 14.4 Å². The van der Waals surface area contributed by atoms with Crippen molar-refractivity contribution in [2.24, 2.45) is 0 Å². The first-order chi connectivity index (χ1) is 9.17. The van der Waals surface area contributed by atoms with Gasteiger partial charge in [-0.3, -0.25) is 4.79 Å². The predicted octanol–water partition coefficient (Wildman–Crippen LogP) is 2.55. The number of piperidine rings is 1. The number of hydrogen-bond acceptors (Lipinski definition) is 3. The molecule has 0 unspecified atom stereocenters. The molecule has 0 spiro atoms. The minimum absolute atomic E-state index is 0.0575. The number of alkyl halides is 1. The van der Waals surface area contributed by atoms with Crippen LogP contribution < -0.4 is 9.47 Å². The summed E-state index contributed by atoms with van der Waals surface area (Å²) < 4.78 is 10.5. The van der Waals surface area contributed by atoms with Gasteiger partial charge in [0.15, 0.2) is 0 Å². The molecule has 1 saturated heterocycles. The van der Waals surface area contributed by atoms with Crippen molar-refractivity contribution >= 4 is 17.5 Å². The molecule has 0 radical (unpaired) electrons. The quantitative estimate of drug-likeness (QED) is 0.800. The highest BCUT2D eigenvalue weighted by Gasteiger charge is 2.27. The lowest BCUT2D eigenvalue weighted by atomic mass is 10.1. The van der Waals surface area contributed by atoms with E-state index in [-0.39, 0.29) is 11.3 Å². The molecule has 1 heterocycles. The molecule has 1 aliphatic heterocycles. The number of ether oxygens (including phenoxy) is 2. The van der Waals surface area contributed by atoms with Gasteiger partial charge in [0.25, 0.3) is 5.91 Å². The zero-order valence-corrected chi connectivity index (χ0v) is 11.9. The van der Waals surface area contributed by atoms with E-state index in [1.165, 1.54) is 0 Å². The molecule has 19 heavy (non-hydrogen) atoms. The third-order valence-corrected chi connectivity index (χ3v) is 3.79. The number of hydrogen-bond donors (Lipinski definition) is 0. The van der Waals surface area contributed by atoms with E-state index in [2.05, 4.69) is 0 Å². The van der Waals surface area contributed by atoms with E-state index >= 15 is 0 Å². The minimum Gasteiger partial charge on any atom is -0.496 e. The smallest absolute Gasteiger partial charge is 0.261 e. The largest absolute Gasteiger partial charge is 0.496 e. The zero-order chi connectivity index (χ0) is 13.8. The van der Waals surface area contributed by atoms with Crippen LogP contribution in [0.5, 0.6) is 11.5 Å². The normalized spacial score (nSPS) is 16.3. The second-order valence-electron chi connectivity index (χ2n) is 4.50. The second-order valence-corrected chi connectivity index (χ2v) is 5.12. The fraction of sp³-hybridized carbons (Fsp3) is 0.500. The van der Waals surface area contributed by atoms with E-state index in [1.807, 2.05) is 0 Å². The van der Waals surface area contributed by atoms with Crippen LogP contribution in [0.3, 0.4) is 0 Å². The molecular formula is C14H18ClNO3. The molecule has 0 bridgehead atoms. The van der Waals surface area contributed by atoms with Gasteiger partial charge in [0, 0.05) is 18.5 Å². The second kappa shape index (κ2) is 6.15. The molecule has 1 amide bonds. The molecule has 5 heteroatoms. The molecule has 1 fully saturated rings. The summed E-state index contributed by atoms with van der Waals surface area (Å²) in [6, 6.07) is 5.34. The summed E-state index contributed by atoms with van der Waals surface area (Å²) in [6.45, 7) is 1.35. The molecular weight excluding hydrogens is 266 g/mol. The maximum Gasteiger partial charge on any atom is 0.261 e. The van der Waals surface area contributed by atoms with E-state index < -0.39 is 0 Å². The van der Waals surface area contributed by atoms with Gasteiger partial charge in [-0.25, -0.2) is 0 Å². The first-order valence-corrected chi connectivity index (χ1v) is 6.75. The lowest BCUT2D eigenvalue weighted by molar-refractivity contribution is 0.0719. The van der Waals surface area contributed by atoms with Crippen LogP contribution in [0, 0.1) is 0 Å². The van der Waals surface area contributed by atoms with Gasteiger partial charge in [-0.2, -0.15) is 0 Å². The zero-order valence-electron chi connectivity index (χ0n) is 11.2. The number of benzene rings is 1. The lowest BCUT2D eigenvalue weighted by Gasteiger charge is -2.30. The summed E-state index contributed by atoms with van der Waals surface area (Å²) in [6.07, 6.45) is 1.65. The van der Waals surface area contributed by atoms with E-state index in [4.69, 9.17) is 21.1 Å². The molecule has 1 aromatic rings. The van der Waals surface area contributed by atoms with Gasteiger partial charge >= 0.3 is 0 Å². The van der Waals surface area contributed by atoms with Crippen LogP contribution in [0.2, 0.25) is 0 Å². The Balaban J connectivity index is 2.27. The third kappa shape index (κ3) is 2.95. The fourth-order valence-corrected chi connectivity index (χ4v) is 2.47. The Morgan fingerprint density at radius 2 is 1.74 bits per heavy atom. The van der Waals surface area contributed by atoms with Gasteiger partial charge in [-0.15, -0.1) is 11.6 Å². The van der Waals surface area contributed by atoms with Crippen molar-refractivity contribution in [3.05, 3.63) is 23.8 Å². The molecule has 0 N–H and O–H groups in total. The maximum atomic E-state index is 12.6. The first-order valence-electron chi connectivity index (χ1n) is 6.31. The van der Waals surface area contributed by atoms with Gasteiger partial charge in [-0.1, -0.05) is 6.07 Å². The molecule has 104 valence electrons. The molecule has 1 aromatic carbocycles. The van der Waals surface area contributed by atoms with Crippen molar-refractivity contribution in [1.82, 2.24) is 4.90 Å². The Labute approximate surface area is 118 Å². The monoisotopic (exact) mass is 283 g/mol. The molecule has 1 aliphatic rings. The number of likely N-dealkylation sites (tertiary alicyclic amines) is 1. The van der Waals surface area contributed by atoms with Crippen LogP contribution >= 0.6 is 11.6 Å². The number of rotatable bonds is 3. The molecule has 0 atom stereocenters. The van der Waals surface area contributed by atoms with Gasteiger partial charge in [0.2, 0.25) is 0 Å². The van der Waals surface area contributed by atoms with E-state index in [0.717, 1.165) is 12.8 Å². The SMILES string of the molecule is COc1cccc(OC)c1C(=O)N1CCC(Cl)CC1. The van der Waals surface area contributed by atoms with Crippen molar-refractivity contribution in [2.75, 3.05) is 27.3 Å². The lowest BCUT2D eigenvalue weighted by Crippen LogP contribution is -2.39. The standard InChI is InChI=1S/C14H18ClNO3/c1-18-11-4-3-5-12(19-2)13(11)14(17)16-8-6-10(15)7-9-16/h3-5,10H,6-9H2,1-2H3. The molecule has 4 nitrogen and oxygen atoms in total. The third-order valence-electron chi connectivity index (χ3n) is 3.35. The van der Waals surface area contributed by atoms with Crippen molar-refractivity contribution in [3.8, 4) is 11.5 Å². The summed E-state index contributed by atoms with van der Waals surface area (Å²) in [7, 11) is 3.10. The molecule has 0 aromatic heterocycles. The number of halogens is 1. The summed E-state index contributed by atoms with van der Waals surface area (Å²) in [5, 5.41) is 0.170. The van der Waals surface area contributed by atoms with E-state index in [9.17, 15) is 4.79 Å². The van der Waals surface area contributed by atoms with Crippen LogP contribution in [0.15, 0.2) is 18.2 Å². The van der Waals surface area contributed by atoms with E-state index in [0.29, 0.717) is 30.2 Å². The van der Waals surface area contributed by atoms with Crippen LogP contribution in [-0.4, -0.2) is 43.5 Å². The fourth-order valence-electron chi connectivity index (χ4n) is 2.27. The first kappa shape index (κ1) is 14.0. The Kier molecular flexibility index (Phi) is 4.53. The summed E-state index contributed by atoms with van der Waals surface area (Å²) in [4.78, 5) is 14.4. The van der Waals surface area contributed by atoms with Crippen LogP contribution in [0.4, 0.5) is 0 Å². The van der Waals surface area contributed by atoms with Gasteiger partial charge in [-0.05, 0) is 25.0 Å². The van der Waals surface area contributed by atoms with Gasteiger partial charge in [0.1, 0.15) is 17.1 Å². The topological polar surface area (TPSA) is 38.8 Å². The highest BCUT2D eigenvalue weighted by atomic mass is 35.5. The van der Waals surface area contributed by atoms with Crippen LogP contribution in [-0.2, 0) is 0 Å². The number of carbonyl (C=O) groups excluding carboxylic acids is 1. The Morgan fingerprint density at radius 3 is 2.21 bits per heavy atom. The van der Waals surface area contributed by atoms with Crippen LogP contribution in [0.25, 0.3) is 0 Å². The van der Waals surface area contributed by atoms with Gasteiger partial charge in [0.05, 0.1) is 14.2 Å². The molecule has 0 saturated carbocycles. The van der Waals surface area contributed by atoms with Crippen molar-refractivity contribution in [3.63, 3.8) is 0 Å². The van der Waals surface area contributed by atoms with E-state index in [1.54, 1.807) is 37.3 Å². The molecule has 2 rings (SSSR count). The number of amides is 1. The Bertz CT molecular complexity index is 434. The Hall–Kier alpha value is -1.42. The predicted molar refractivity (Wildman–Crippen MR) is 74.3 cm³/mol. The number of methoxy groups -OCH3 is 2. The summed E-state index contributed by atoms with van der Waals surface area (Å²) >= 11 is 6.06. The maximum absolute atomic E-state index is 12.6. The van der Waals surface area contributed by atoms with Crippen molar-refractivity contribution in [1.29, 1.82) is 0 Å². The molecule has 0 aliphatic carbocycles. The number of carbonyl (C=O) groups is 1. The van der Waals surface area contributed by atoms with Crippen molar-refractivity contribution in [2.45, 2.75) is 18.2 Å². The highest BCUT2D eigenvalue weighted by molar-refractivity contribution is 6.20. The summed E-state index contributed by atoms with van der Waals surface area (Å²) in [5.74, 6) is 1.02. The minimum atomic E-state index is -0.0575. The summed E-state index contributed by atoms with van der Waals surface area (Å²) in [5.41, 5.74) is 0.487. The Morgan fingerprint density at radius 1 is 1.21 bits per heavy atom.